The van der Waals surface area contributed by atoms with Crippen molar-refractivity contribution < 1.29 is 50.7 Å². The number of amides is 4. The average Bonchev–Trinajstić information content (AvgIpc) is 3.53. The normalized spacial score (nSPS) is 19.9. The molecule has 5 atom stereocenters. The van der Waals surface area contributed by atoms with Crippen molar-refractivity contribution in [3.63, 3.8) is 0 Å². The van der Waals surface area contributed by atoms with Gasteiger partial charge in [0, 0.05) is 28.8 Å². The minimum atomic E-state index is -5.18. The molecule has 1 aliphatic heterocycles. The molecule has 2 aromatic carbocycles. The fourth-order valence-corrected chi connectivity index (χ4v) is 8.89. The molecule has 2 aromatic rings. The van der Waals surface area contributed by atoms with Crippen molar-refractivity contribution in [3.8, 4) is 5.75 Å². The van der Waals surface area contributed by atoms with Gasteiger partial charge in [-0.15, -0.1) is 0 Å². The molecular weight excluding hydrogens is 802 g/mol. The third-order valence-corrected chi connectivity index (χ3v) is 12.6. The van der Waals surface area contributed by atoms with E-state index in [1.165, 1.54) is 37.0 Å². The van der Waals surface area contributed by atoms with E-state index < -0.39 is 92.4 Å². The summed E-state index contributed by atoms with van der Waals surface area (Å²) < 4.78 is 68.7. The number of rotatable bonds is 12. The lowest BCUT2D eigenvalue weighted by Gasteiger charge is -2.37. The van der Waals surface area contributed by atoms with Gasteiger partial charge in [0.1, 0.15) is 17.8 Å². The van der Waals surface area contributed by atoms with E-state index in [2.05, 4.69) is 10.6 Å². The molecule has 1 aliphatic carbocycles. The zero-order valence-electron chi connectivity index (χ0n) is 36.0. The number of Topliss-reactive ketones (excluding diaryl/α,β-unsaturated/α-hetero) is 1. The van der Waals surface area contributed by atoms with Gasteiger partial charge in [-0.1, -0.05) is 82.1 Å². The highest BCUT2D eigenvalue weighted by molar-refractivity contribution is 7.90. The van der Waals surface area contributed by atoms with Crippen molar-refractivity contribution in [3.05, 3.63) is 64.7 Å². The van der Waals surface area contributed by atoms with Gasteiger partial charge in [-0.05, 0) is 95.9 Å². The first-order valence-electron chi connectivity index (χ1n) is 20.3. The Morgan fingerprint density at radius 2 is 1.35 bits per heavy atom. The van der Waals surface area contributed by atoms with Gasteiger partial charge in [0.15, 0.2) is 0 Å². The Kier molecular flexibility index (Phi) is 14.5. The monoisotopic (exact) mass is 860 g/mol. The average molecular weight is 861 g/mol. The highest BCUT2D eigenvalue weighted by Crippen LogP contribution is 2.42. The van der Waals surface area contributed by atoms with E-state index in [0.717, 1.165) is 31.1 Å². The molecule has 12 nitrogen and oxygen atoms in total. The third-order valence-electron chi connectivity index (χ3n) is 11.2. The van der Waals surface area contributed by atoms with Gasteiger partial charge >= 0.3 is 6.18 Å². The van der Waals surface area contributed by atoms with Gasteiger partial charge in [-0.3, -0.25) is 24.0 Å². The highest BCUT2D eigenvalue weighted by atomic mass is 32.2. The minimum Gasteiger partial charge on any atom is -0.507 e. The van der Waals surface area contributed by atoms with E-state index in [1.807, 2.05) is 46.3 Å². The number of fused-ring (bicyclic) bond motifs is 1. The zero-order chi connectivity index (χ0) is 45.3. The Morgan fingerprint density at radius 1 is 0.817 bits per heavy atom. The predicted molar refractivity (Wildman–Crippen MR) is 221 cm³/mol. The van der Waals surface area contributed by atoms with Gasteiger partial charge in [-0.2, -0.15) is 13.2 Å². The lowest BCUT2D eigenvalue weighted by molar-refractivity contribution is -0.175. The number of aromatic hydroxyl groups is 1. The SMILES string of the molecule is CC(C)[C@H](NC(=O)c1ccc(S(=O)(=O)NC(=O)/C=C/c2cc(C(C)(C)C)c(O)c(C(C)(C)C)c2)cc1)C(=O)N1[C@H](C(=O)N[C@H](C(=O)C(F)(F)F)C(C)C)C[C@@H]2CCCC[C@@H]21. The van der Waals surface area contributed by atoms with Crippen molar-refractivity contribution in [2.24, 2.45) is 17.8 Å². The summed E-state index contributed by atoms with van der Waals surface area (Å²) in [6.07, 6.45) is 0.425. The number of benzene rings is 2. The first kappa shape index (κ1) is 47.9. The Bertz CT molecular complexity index is 2070. The Hall–Kier alpha value is -4.73. The number of phenols is 1. The van der Waals surface area contributed by atoms with Crippen LogP contribution in [0.2, 0.25) is 0 Å². The molecule has 1 heterocycles. The smallest absolute Gasteiger partial charge is 0.452 e. The van der Waals surface area contributed by atoms with Crippen LogP contribution in [0.5, 0.6) is 5.75 Å². The van der Waals surface area contributed by atoms with Gasteiger partial charge in [0.25, 0.3) is 27.6 Å². The van der Waals surface area contributed by atoms with Crippen molar-refractivity contribution in [1.82, 2.24) is 20.3 Å². The van der Waals surface area contributed by atoms with Crippen LogP contribution in [0, 0.1) is 17.8 Å². The van der Waals surface area contributed by atoms with Crippen LogP contribution in [-0.2, 0) is 40.0 Å². The molecule has 2 aliphatic rings. The first-order chi connectivity index (χ1) is 27.5. The fraction of sp³-hybridized carbons (Fsp3) is 0.568. The van der Waals surface area contributed by atoms with Crippen molar-refractivity contribution in [2.45, 2.75) is 147 Å². The maximum absolute atomic E-state index is 14.4. The second-order valence-corrected chi connectivity index (χ2v) is 20.4. The standard InChI is InChI=1S/C44H59F3N4O8S/c1-24(2)35(38(54)44(45,46)47)48-40(56)33-23-28-13-11-12-14-32(28)51(33)41(57)36(25(3)4)49-39(55)27-16-18-29(19-17-27)60(58,59)50-34(52)20-15-26-21-30(42(5,6)7)37(53)31(22-26)43(8,9)10/h15-22,24-25,28,32-33,35-36,53H,11-14,23H2,1-10H3,(H,48,56)(H,49,55)(H,50,52)/b20-15+/t28-,32-,33-,35-,36-/m0/s1. The quantitative estimate of drug-likeness (QED) is 0.171. The summed E-state index contributed by atoms with van der Waals surface area (Å²) in [6.45, 7) is 17.8. The number of carbonyl (C=O) groups excluding carboxylic acids is 5. The molecule has 0 bridgehead atoms. The van der Waals surface area contributed by atoms with Gasteiger partial charge in [-0.25, -0.2) is 13.1 Å². The summed E-state index contributed by atoms with van der Waals surface area (Å²) >= 11 is 0. The number of phenolic OH excluding ortho intramolecular Hbond substituents is 1. The van der Waals surface area contributed by atoms with Gasteiger partial charge in [0.05, 0.1) is 10.9 Å². The number of hydrogen-bond donors (Lipinski definition) is 4. The highest BCUT2D eigenvalue weighted by Gasteiger charge is 2.51. The Morgan fingerprint density at radius 3 is 1.85 bits per heavy atom. The number of alkyl halides is 3. The lowest BCUT2D eigenvalue weighted by Crippen LogP contribution is -2.59. The molecule has 1 saturated heterocycles. The first-order valence-corrected chi connectivity index (χ1v) is 21.8. The van der Waals surface area contributed by atoms with Crippen LogP contribution >= 0.6 is 0 Å². The summed E-state index contributed by atoms with van der Waals surface area (Å²) in [4.78, 5) is 67.7. The maximum Gasteiger partial charge on any atom is 0.452 e. The molecule has 60 heavy (non-hydrogen) atoms. The minimum absolute atomic E-state index is 0.00745. The number of hydrogen-bond acceptors (Lipinski definition) is 8. The van der Waals surface area contributed by atoms with Crippen molar-refractivity contribution >= 4 is 45.5 Å². The zero-order valence-corrected chi connectivity index (χ0v) is 36.8. The van der Waals surface area contributed by atoms with Crippen LogP contribution in [0.3, 0.4) is 0 Å². The molecule has 2 fully saturated rings. The van der Waals surface area contributed by atoms with E-state index in [1.54, 1.807) is 26.0 Å². The summed E-state index contributed by atoms with van der Waals surface area (Å²) in [7, 11) is -4.40. The summed E-state index contributed by atoms with van der Waals surface area (Å²) in [5, 5.41) is 16.0. The fourth-order valence-electron chi connectivity index (χ4n) is 7.95. The second kappa shape index (κ2) is 18.1. The number of sulfonamides is 1. The molecule has 0 unspecified atom stereocenters. The molecule has 330 valence electrons. The van der Waals surface area contributed by atoms with E-state index in [0.29, 0.717) is 29.5 Å². The van der Waals surface area contributed by atoms with Crippen LogP contribution in [0.1, 0.15) is 128 Å². The maximum atomic E-state index is 14.4. The van der Waals surface area contributed by atoms with Crippen LogP contribution in [0.25, 0.3) is 6.08 Å². The van der Waals surface area contributed by atoms with E-state index in [4.69, 9.17) is 0 Å². The third kappa shape index (κ3) is 11.1. The number of likely N-dealkylation sites (tertiary alicyclic amines) is 1. The van der Waals surface area contributed by atoms with Crippen molar-refractivity contribution in [2.75, 3.05) is 0 Å². The van der Waals surface area contributed by atoms with Gasteiger partial charge in [0.2, 0.25) is 11.8 Å². The second-order valence-electron chi connectivity index (χ2n) is 18.7. The molecule has 16 heteroatoms. The van der Waals surface area contributed by atoms with Crippen LogP contribution < -0.4 is 15.4 Å². The molecular formula is C44H59F3N4O8S. The molecule has 0 aromatic heterocycles. The number of carbonyl (C=O) groups is 5. The number of nitrogens with one attached hydrogen (secondary N) is 3. The molecule has 0 spiro atoms. The largest absolute Gasteiger partial charge is 0.507 e. The van der Waals surface area contributed by atoms with E-state index in [9.17, 15) is 50.7 Å². The molecule has 4 N–H and O–H groups in total. The summed E-state index contributed by atoms with van der Waals surface area (Å²) in [5.74, 6) is -6.54. The van der Waals surface area contributed by atoms with Crippen LogP contribution in [-0.4, -0.2) is 78.2 Å². The molecule has 1 saturated carbocycles. The molecule has 0 radical (unpaired) electrons. The molecule has 4 rings (SSSR count). The van der Waals surface area contributed by atoms with E-state index in [-0.39, 0.29) is 28.5 Å². The number of halogens is 3. The summed E-state index contributed by atoms with van der Waals surface area (Å²) in [6, 6.07) is 3.61. The van der Waals surface area contributed by atoms with Crippen molar-refractivity contribution in [1.29, 1.82) is 0 Å². The van der Waals surface area contributed by atoms with Crippen LogP contribution in [0.15, 0.2) is 47.4 Å². The topological polar surface area (TPSA) is 179 Å². The predicted octanol–water partition coefficient (Wildman–Crippen LogP) is 6.69. The number of nitrogens with zero attached hydrogens (tertiary/aromatic N) is 1. The van der Waals surface area contributed by atoms with Gasteiger partial charge < -0.3 is 20.6 Å². The van der Waals surface area contributed by atoms with Crippen LogP contribution in [0.4, 0.5) is 13.2 Å². The number of ketones is 1. The van der Waals surface area contributed by atoms with E-state index >= 15 is 0 Å². The summed E-state index contributed by atoms with van der Waals surface area (Å²) in [5.41, 5.74) is 1.06. The molecule has 4 amide bonds. The Balaban J connectivity index is 1.50. The lowest BCUT2D eigenvalue weighted by atomic mass is 9.78. The Labute approximate surface area is 351 Å².